The van der Waals surface area contributed by atoms with Crippen molar-refractivity contribution < 1.29 is 17.9 Å². The molecular formula is C17H25NO4S. The molecule has 0 saturated heterocycles. The van der Waals surface area contributed by atoms with Gasteiger partial charge in [-0.2, -0.15) is 4.31 Å². The number of carbonyl (C=O) groups excluding carboxylic acids is 1. The first-order valence-corrected chi connectivity index (χ1v) is 9.74. The highest BCUT2D eigenvalue weighted by Gasteiger charge is 2.23. The lowest BCUT2D eigenvalue weighted by atomic mass is 9.98. The molecule has 1 aliphatic carbocycles. The van der Waals surface area contributed by atoms with E-state index in [9.17, 15) is 13.2 Å². The molecule has 1 aromatic carbocycles. The number of rotatable bonds is 6. The minimum Gasteiger partial charge on any atom is -0.459 e. The van der Waals surface area contributed by atoms with Crippen LogP contribution in [0.2, 0.25) is 0 Å². The molecule has 0 bridgehead atoms. The van der Waals surface area contributed by atoms with Gasteiger partial charge in [0.25, 0.3) is 0 Å². The van der Waals surface area contributed by atoms with Crippen molar-refractivity contribution in [2.75, 3.05) is 13.1 Å². The molecule has 1 aromatic rings. The van der Waals surface area contributed by atoms with Crippen molar-refractivity contribution in [3.63, 3.8) is 0 Å². The second-order valence-electron chi connectivity index (χ2n) is 5.78. The predicted molar refractivity (Wildman–Crippen MR) is 88.8 cm³/mol. The van der Waals surface area contributed by atoms with Crippen LogP contribution in [0.4, 0.5) is 0 Å². The largest absolute Gasteiger partial charge is 0.459 e. The van der Waals surface area contributed by atoms with E-state index in [1.807, 2.05) is 0 Å². The Labute approximate surface area is 138 Å². The molecule has 0 N–H and O–H groups in total. The average molecular weight is 339 g/mol. The van der Waals surface area contributed by atoms with E-state index in [0.717, 1.165) is 25.7 Å². The highest BCUT2D eigenvalue weighted by molar-refractivity contribution is 7.89. The van der Waals surface area contributed by atoms with Crippen molar-refractivity contribution in [2.45, 2.75) is 57.0 Å². The van der Waals surface area contributed by atoms with Gasteiger partial charge in [0.05, 0.1) is 10.5 Å². The number of esters is 1. The van der Waals surface area contributed by atoms with Gasteiger partial charge in [0, 0.05) is 13.1 Å². The first kappa shape index (κ1) is 17.9. The van der Waals surface area contributed by atoms with Gasteiger partial charge in [0.15, 0.2) is 0 Å². The van der Waals surface area contributed by atoms with Gasteiger partial charge in [0.2, 0.25) is 10.0 Å². The molecule has 128 valence electrons. The van der Waals surface area contributed by atoms with Crippen LogP contribution in [0.25, 0.3) is 0 Å². The maximum absolute atomic E-state index is 12.4. The summed E-state index contributed by atoms with van der Waals surface area (Å²) in [6.45, 7) is 4.45. The third kappa shape index (κ3) is 4.32. The molecular weight excluding hydrogens is 314 g/mol. The number of ether oxygens (including phenoxy) is 1. The van der Waals surface area contributed by atoms with E-state index in [0.29, 0.717) is 18.7 Å². The summed E-state index contributed by atoms with van der Waals surface area (Å²) in [6, 6.07) is 6.01. The molecule has 0 radical (unpaired) electrons. The Morgan fingerprint density at radius 1 is 1.09 bits per heavy atom. The Kier molecular flexibility index (Phi) is 6.18. The molecule has 0 heterocycles. The third-order valence-corrected chi connectivity index (χ3v) is 6.32. The second-order valence-corrected chi connectivity index (χ2v) is 7.72. The molecule has 2 rings (SSSR count). The fourth-order valence-electron chi connectivity index (χ4n) is 2.88. The van der Waals surface area contributed by atoms with E-state index in [1.54, 1.807) is 13.8 Å². The number of hydrogen-bond donors (Lipinski definition) is 0. The van der Waals surface area contributed by atoms with Crippen LogP contribution >= 0.6 is 0 Å². The van der Waals surface area contributed by atoms with Gasteiger partial charge in [-0.05, 0) is 49.9 Å². The Balaban J connectivity index is 2.08. The van der Waals surface area contributed by atoms with E-state index < -0.39 is 10.0 Å². The molecule has 1 saturated carbocycles. The number of hydrogen-bond acceptors (Lipinski definition) is 4. The smallest absolute Gasteiger partial charge is 0.338 e. The van der Waals surface area contributed by atoms with E-state index in [-0.39, 0.29) is 17.0 Å². The minimum absolute atomic E-state index is 0.00432. The summed E-state index contributed by atoms with van der Waals surface area (Å²) in [6.07, 6.45) is 5.22. The Hall–Kier alpha value is -1.40. The zero-order chi connectivity index (χ0) is 16.9. The van der Waals surface area contributed by atoms with E-state index in [2.05, 4.69) is 0 Å². The standard InChI is InChI=1S/C17H25NO4S/c1-3-18(4-2)23(20,21)16-12-10-14(11-13-16)17(19)22-15-8-6-5-7-9-15/h10-13,15H,3-9H2,1-2H3. The lowest BCUT2D eigenvalue weighted by Crippen LogP contribution is -2.30. The van der Waals surface area contributed by atoms with Gasteiger partial charge < -0.3 is 4.74 Å². The van der Waals surface area contributed by atoms with Crippen molar-refractivity contribution in [3.05, 3.63) is 29.8 Å². The summed E-state index contributed by atoms with van der Waals surface area (Å²) >= 11 is 0. The summed E-state index contributed by atoms with van der Waals surface area (Å²) in [7, 11) is -3.49. The van der Waals surface area contributed by atoms with Crippen LogP contribution in [-0.2, 0) is 14.8 Å². The van der Waals surface area contributed by atoms with Crippen LogP contribution in [0.15, 0.2) is 29.2 Å². The molecule has 5 nitrogen and oxygen atoms in total. The van der Waals surface area contributed by atoms with Crippen molar-refractivity contribution in [3.8, 4) is 0 Å². The summed E-state index contributed by atoms with van der Waals surface area (Å²) < 4.78 is 31.7. The molecule has 0 spiro atoms. The van der Waals surface area contributed by atoms with Crippen LogP contribution in [0, 0.1) is 0 Å². The molecule has 0 aromatic heterocycles. The van der Waals surface area contributed by atoms with Gasteiger partial charge in [-0.3, -0.25) is 0 Å². The highest BCUT2D eigenvalue weighted by atomic mass is 32.2. The van der Waals surface area contributed by atoms with E-state index in [1.165, 1.54) is 35.0 Å². The van der Waals surface area contributed by atoms with Gasteiger partial charge in [-0.1, -0.05) is 20.3 Å². The van der Waals surface area contributed by atoms with Gasteiger partial charge in [-0.25, -0.2) is 13.2 Å². The highest BCUT2D eigenvalue weighted by Crippen LogP contribution is 2.22. The Morgan fingerprint density at radius 2 is 1.65 bits per heavy atom. The number of benzene rings is 1. The first-order valence-electron chi connectivity index (χ1n) is 8.30. The third-order valence-electron chi connectivity index (χ3n) is 4.26. The van der Waals surface area contributed by atoms with E-state index in [4.69, 9.17) is 4.74 Å². The zero-order valence-electron chi connectivity index (χ0n) is 13.8. The topological polar surface area (TPSA) is 63.7 Å². The molecule has 0 atom stereocenters. The van der Waals surface area contributed by atoms with Gasteiger partial charge >= 0.3 is 5.97 Å². The van der Waals surface area contributed by atoms with Crippen LogP contribution in [-0.4, -0.2) is 37.9 Å². The normalized spacial score (nSPS) is 16.5. The monoisotopic (exact) mass is 339 g/mol. The molecule has 0 unspecified atom stereocenters. The van der Waals surface area contributed by atoms with Gasteiger partial charge in [0.1, 0.15) is 6.10 Å². The molecule has 6 heteroatoms. The second kappa shape index (κ2) is 7.93. The quantitative estimate of drug-likeness (QED) is 0.747. The average Bonchev–Trinajstić information content (AvgIpc) is 2.56. The van der Waals surface area contributed by atoms with Crippen molar-refractivity contribution >= 4 is 16.0 Å². The fraction of sp³-hybridized carbons (Fsp3) is 0.588. The first-order chi connectivity index (χ1) is 11.0. The maximum Gasteiger partial charge on any atom is 0.338 e. The van der Waals surface area contributed by atoms with E-state index >= 15 is 0 Å². The zero-order valence-corrected chi connectivity index (χ0v) is 14.6. The SMILES string of the molecule is CCN(CC)S(=O)(=O)c1ccc(C(=O)OC2CCCCC2)cc1. The van der Waals surface area contributed by atoms with Crippen LogP contribution in [0.3, 0.4) is 0 Å². The van der Waals surface area contributed by atoms with Crippen molar-refractivity contribution in [1.29, 1.82) is 0 Å². The summed E-state index contributed by atoms with van der Waals surface area (Å²) in [5.74, 6) is -0.372. The summed E-state index contributed by atoms with van der Waals surface area (Å²) in [5.41, 5.74) is 0.397. The fourth-order valence-corrected chi connectivity index (χ4v) is 4.34. The maximum atomic E-state index is 12.4. The molecule has 0 aliphatic heterocycles. The lowest BCUT2D eigenvalue weighted by Gasteiger charge is -2.22. The van der Waals surface area contributed by atoms with Crippen molar-refractivity contribution in [1.82, 2.24) is 4.31 Å². The lowest BCUT2D eigenvalue weighted by molar-refractivity contribution is 0.0211. The Bertz CT molecular complexity index is 614. The Morgan fingerprint density at radius 3 is 2.17 bits per heavy atom. The summed E-state index contributed by atoms with van der Waals surface area (Å²) in [4.78, 5) is 12.3. The number of carbonyl (C=O) groups is 1. The number of sulfonamides is 1. The van der Waals surface area contributed by atoms with Crippen molar-refractivity contribution in [2.24, 2.45) is 0 Å². The molecule has 1 fully saturated rings. The number of nitrogens with zero attached hydrogens (tertiary/aromatic N) is 1. The van der Waals surface area contributed by atoms with Crippen LogP contribution in [0.1, 0.15) is 56.3 Å². The van der Waals surface area contributed by atoms with Crippen LogP contribution < -0.4 is 0 Å². The molecule has 1 aliphatic rings. The van der Waals surface area contributed by atoms with Gasteiger partial charge in [-0.15, -0.1) is 0 Å². The summed E-state index contributed by atoms with van der Waals surface area (Å²) in [5, 5.41) is 0. The minimum atomic E-state index is -3.49. The molecule has 0 amide bonds. The predicted octanol–water partition coefficient (Wildman–Crippen LogP) is 3.21. The van der Waals surface area contributed by atoms with Crippen LogP contribution in [0.5, 0.6) is 0 Å². The molecule has 23 heavy (non-hydrogen) atoms.